The fourth-order valence-electron chi connectivity index (χ4n) is 2.19. The normalized spacial score (nSPS) is 23.1. The van der Waals surface area contributed by atoms with Crippen molar-refractivity contribution in [1.82, 2.24) is 14.8 Å². The number of nitrogens with zero attached hydrogens (tertiary/aromatic N) is 4. The standard InChI is InChI=1S/C12H20N4O3S/c1-4-15-11(13-14-12(15)20-7-10(17)18)16-5-9(3)19-6-8(16)2/h8-9H,4-7H2,1-3H3,(H,17,18). The first-order valence-corrected chi connectivity index (χ1v) is 7.67. The van der Waals surface area contributed by atoms with Crippen molar-refractivity contribution in [3.8, 4) is 0 Å². The predicted molar refractivity (Wildman–Crippen MR) is 76.3 cm³/mol. The van der Waals surface area contributed by atoms with Crippen LogP contribution in [-0.2, 0) is 16.1 Å². The minimum Gasteiger partial charge on any atom is -0.481 e. The molecule has 0 spiro atoms. The van der Waals surface area contributed by atoms with Gasteiger partial charge in [0.1, 0.15) is 0 Å². The van der Waals surface area contributed by atoms with Gasteiger partial charge in [0.05, 0.1) is 24.5 Å². The molecule has 1 saturated heterocycles. The van der Waals surface area contributed by atoms with Gasteiger partial charge in [0.2, 0.25) is 5.95 Å². The van der Waals surface area contributed by atoms with Crippen LogP contribution in [0.1, 0.15) is 20.8 Å². The summed E-state index contributed by atoms with van der Waals surface area (Å²) >= 11 is 1.20. The monoisotopic (exact) mass is 300 g/mol. The highest BCUT2D eigenvalue weighted by molar-refractivity contribution is 7.99. The Morgan fingerprint density at radius 2 is 2.25 bits per heavy atom. The highest BCUT2D eigenvalue weighted by Gasteiger charge is 2.28. The van der Waals surface area contributed by atoms with Crippen molar-refractivity contribution in [3.05, 3.63) is 0 Å². The molecule has 2 heterocycles. The lowest BCUT2D eigenvalue weighted by Crippen LogP contribution is -2.48. The van der Waals surface area contributed by atoms with Crippen LogP contribution in [0.4, 0.5) is 5.95 Å². The Morgan fingerprint density at radius 3 is 2.90 bits per heavy atom. The van der Waals surface area contributed by atoms with Gasteiger partial charge in [0.25, 0.3) is 0 Å². The molecule has 1 aromatic rings. The first-order chi connectivity index (χ1) is 9.52. The van der Waals surface area contributed by atoms with E-state index in [9.17, 15) is 4.79 Å². The number of carboxylic acid groups (broad SMARTS) is 1. The van der Waals surface area contributed by atoms with Crippen molar-refractivity contribution in [2.45, 2.75) is 44.6 Å². The van der Waals surface area contributed by atoms with E-state index >= 15 is 0 Å². The summed E-state index contributed by atoms with van der Waals surface area (Å²) in [5.74, 6) is -0.0636. The van der Waals surface area contributed by atoms with E-state index in [1.807, 2.05) is 18.4 Å². The second kappa shape index (κ2) is 6.45. The molecule has 1 aliphatic heterocycles. The number of rotatable bonds is 5. The number of hydrogen-bond donors (Lipinski definition) is 1. The molecular weight excluding hydrogens is 280 g/mol. The zero-order valence-electron chi connectivity index (χ0n) is 11.9. The van der Waals surface area contributed by atoms with Gasteiger partial charge >= 0.3 is 5.97 Å². The summed E-state index contributed by atoms with van der Waals surface area (Å²) in [7, 11) is 0. The summed E-state index contributed by atoms with van der Waals surface area (Å²) in [6.45, 7) is 8.27. The third kappa shape index (κ3) is 3.24. The first kappa shape index (κ1) is 15.1. The molecule has 0 aromatic carbocycles. The Labute approximate surface area is 122 Å². The molecule has 8 heteroatoms. The highest BCUT2D eigenvalue weighted by atomic mass is 32.2. The van der Waals surface area contributed by atoms with Crippen LogP contribution in [0.5, 0.6) is 0 Å². The summed E-state index contributed by atoms with van der Waals surface area (Å²) in [6, 6.07) is 0.234. The quantitative estimate of drug-likeness (QED) is 0.815. The molecule has 0 aliphatic carbocycles. The van der Waals surface area contributed by atoms with E-state index in [0.29, 0.717) is 18.3 Å². The van der Waals surface area contributed by atoms with Crippen LogP contribution in [0.25, 0.3) is 0 Å². The number of aromatic nitrogens is 3. The largest absolute Gasteiger partial charge is 0.481 e. The maximum atomic E-state index is 10.7. The number of anilines is 1. The van der Waals surface area contributed by atoms with Gasteiger partial charge in [0, 0.05) is 13.1 Å². The number of carbonyl (C=O) groups is 1. The molecule has 112 valence electrons. The number of ether oxygens (including phenoxy) is 1. The van der Waals surface area contributed by atoms with Gasteiger partial charge in [-0.1, -0.05) is 11.8 Å². The molecule has 0 saturated carbocycles. The van der Waals surface area contributed by atoms with Crippen LogP contribution in [0, 0.1) is 0 Å². The molecule has 0 bridgehead atoms. The van der Waals surface area contributed by atoms with E-state index in [-0.39, 0.29) is 17.9 Å². The highest BCUT2D eigenvalue weighted by Crippen LogP contribution is 2.25. The number of aliphatic carboxylic acids is 1. The van der Waals surface area contributed by atoms with Crippen LogP contribution in [0.2, 0.25) is 0 Å². The van der Waals surface area contributed by atoms with Crippen LogP contribution >= 0.6 is 11.8 Å². The average molecular weight is 300 g/mol. The third-order valence-corrected chi connectivity index (χ3v) is 4.15. The number of hydrogen-bond acceptors (Lipinski definition) is 6. The summed E-state index contributed by atoms with van der Waals surface area (Å²) < 4.78 is 7.58. The Balaban J connectivity index is 2.20. The van der Waals surface area contributed by atoms with E-state index < -0.39 is 5.97 Å². The second-order valence-electron chi connectivity index (χ2n) is 4.85. The molecule has 7 nitrogen and oxygen atoms in total. The van der Waals surface area contributed by atoms with E-state index in [1.54, 1.807) is 0 Å². The molecule has 1 aliphatic rings. The molecule has 20 heavy (non-hydrogen) atoms. The maximum absolute atomic E-state index is 10.7. The van der Waals surface area contributed by atoms with Crippen molar-refractivity contribution in [2.75, 3.05) is 23.8 Å². The minimum atomic E-state index is -0.851. The molecule has 2 atom stereocenters. The van der Waals surface area contributed by atoms with Crippen molar-refractivity contribution in [1.29, 1.82) is 0 Å². The summed E-state index contributed by atoms with van der Waals surface area (Å²) in [4.78, 5) is 12.8. The minimum absolute atomic E-state index is 0.00675. The first-order valence-electron chi connectivity index (χ1n) is 6.69. The Kier molecular flexibility index (Phi) is 4.87. The fraction of sp³-hybridized carbons (Fsp3) is 0.750. The Morgan fingerprint density at radius 1 is 1.50 bits per heavy atom. The predicted octanol–water partition coefficient (Wildman–Crippen LogP) is 1.09. The van der Waals surface area contributed by atoms with E-state index in [1.165, 1.54) is 11.8 Å². The number of thioether (sulfide) groups is 1. The van der Waals surface area contributed by atoms with E-state index in [2.05, 4.69) is 22.0 Å². The van der Waals surface area contributed by atoms with Crippen LogP contribution in [0.3, 0.4) is 0 Å². The number of carboxylic acids is 1. The fourth-order valence-corrected chi connectivity index (χ4v) is 2.90. The molecule has 0 amide bonds. The van der Waals surface area contributed by atoms with Crippen LogP contribution < -0.4 is 4.90 Å². The summed E-state index contributed by atoms with van der Waals surface area (Å²) in [5, 5.41) is 17.8. The van der Waals surface area contributed by atoms with Crippen molar-refractivity contribution < 1.29 is 14.6 Å². The molecule has 2 unspecified atom stereocenters. The lowest BCUT2D eigenvalue weighted by atomic mass is 10.2. The summed E-state index contributed by atoms with van der Waals surface area (Å²) in [5.41, 5.74) is 0. The van der Waals surface area contributed by atoms with Gasteiger partial charge < -0.3 is 14.7 Å². The van der Waals surface area contributed by atoms with Gasteiger partial charge in [-0.3, -0.25) is 9.36 Å². The molecule has 1 N–H and O–H groups in total. The Bertz CT molecular complexity index is 479. The Hall–Kier alpha value is -1.28. The van der Waals surface area contributed by atoms with Gasteiger partial charge in [-0.15, -0.1) is 10.2 Å². The maximum Gasteiger partial charge on any atom is 0.313 e. The molecular formula is C12H20N4O3S. The average Bonchev–Trinajstić information content (AvgIpc) is 2.81. The molecule has 0 radical (unpaired) electrons. The van der Waals surface area contributed by atoms with Gasteiger partial charge in [-0.25, -0.2) is 0 Å². The SMILES string of the molecule is CCn1c(SCC(=O)O)nnc1N1CC(C)OCC1C. The van der Waals surface area contributed by atoms with Crippen LogP contribution in [0.15, 0.2) is 5.16 Å². The molecule has 1 aromatic heterocycles. The lowest BCUT2D eigenvalue weighted by molar-refractivity contribution is -0.133. The van der Waals surface area contributed by atoms with Crippen molar-refractivity contribution in [3.63, 3.8) is 0 Å². The van der Waals surface area contributed by atoms with Gasteiger partial charge in [0.15, 0.2) is 5.16 Å². The van der Waals surface area contributed by atoms with Crippen LogP contribution in [-0.4, -0.2) is 56.9 Å². The zero-order valence-corrected chi connectivity index (χ0v) is 12.8. The van der Waals surface area contributed by atoms with E-state index in [4.69, 9.17) is 9.84 Å². The zero-order chi connectivity index (χ0) is 14.7. The van der Waals surface area contributed by atoms with E-state index in [0.717, 1.165) is 12.5 Å². The van der Waals surface area contributed by atoms with Crippen molar-refractivity contribution >= 4 is 23.7 Å². The smallest absolute Gasteiger partial charge is 0.313 e. The van der Waals surface area contributed by atoms with Crippen molar-refractivity contribution in [2.24, 2.45) is 0 Å². The van der Waals surface area contributed by atoms with Gasteiger partial charge in [-0.05, 0) is 20.8 Å². The summed E-state index contributed by atoms with van der Waals surface area (Å²) in [6.07, 6.45) is 0.156. The third-order valence-electron chi connectivity index (χ3n) is 3.20. The second-order valence-corrected chi connectivity index (χ2v) is 5.80. The topological polar surface area (TPSA) is 80.5 Å². The molecule has 2 rings (SSSR count). The lowest BCUT2D eigenvalue weighted by Gasteiger charge is -2.37. The number of morpholine rings is 1. The van der Waals surface area contributed by atoms with Gasteiger partial charge in [-0.2, -0.15) is 0 Å². The molecule has 1 fully saturated rings.